The maximum Gasteiger partial charge on any atom is 0.272 e. The molecule has 0 radical (unpaired) electrons. The molecule has 1 aromatic heterocycles. The van der Waals surface area contributed by atoms with E-state index < -0.39 is 15.6 Å². The molecule has 0 atom stereocenters. The summed E-state index contributed by atoms with van der Waals surface area (Å²) in [6.07, 6.45) is 0. The van der Waals surface area contributed by atoms with Crippen LogP contribution in [0.4, 0.5) is 5.69 Å². The van der Waals surface area contributed by atoms with Gasteiger partial charge in [-0.25, -0.2) is 8.42 Å². The number of halogens is 1. The normalized spacial score (nSPS) is 11.1. The standard InChI is InChI=1S/C20H17ClN4O3S/c1-3-29(27,28)24-16-6-4-5-14(9-16)18-11-20(26)25(23-13(18)2)17-7-8-19(21)15(10-17)12-22/h4-11,24H,3H2,1-2H3. The number of hydrogen-bond acceptors (Lipinski definition) is 5. The van der Waals surface area contributed by atoms with Crippen molar-refractivity contribution < 1.29 is 8.42 Å². The fourth-order valence-corrected chi connectivity index (χ4v) is 3.54. The molecular weight excluding hydrogens is 412 g/mol. The van der Waals surface area contributed by atoms with Crippen molar-refractivity contribution in [3.8, 4) is 22.9 Å². The van der Waals surface area contributed by atoms with Crippen LogP contribution < -0.4 is 10.3 Å². The third-order valence-electron chi connectivity index (χ3n) is 4.26. The van der Waals surface area contributed by atoms with Gasteiger partial charge in [-0.3, -0.25) is 9.52 Å². The van der Waals surface area contributed by atoms with Crippen LogP contribution in [-0.4, -0.2) is 24.0 Å². The summed E-state index contributed by atoms with van der Waals surface area (Å²) in [7, 11) is -3.41. The van der Waals surface area contributed by atoms with E-state index in [2.05, 4.69) is 9.82 Å². The molecule has 0 fully saturated rings. The molecule has 0 saturated carbocycles. The number of rotatable bonds is 5. The first-order valence-corrected chi connectivity index (χ1v) is 10.7. The molecular formula is C20H17ClN4O3S. The number of nitrogens with zero attached hydrogens (tertiary/aromatic N) is 3. The molecule has 0 aliphatic heterocycles. The zero-order valence-electron chi connectivity index (χ0n) is 15.7. The number of hydrogen-bond donors (Lipinski definition) is 1. The van der Waals surface area contributed by atoms with E-state index in [9.17, 15) is 13.2 Å². The van der Waals surface area contributed by atoms with E-state index in [1.807, 2.05) is 6.07 Å². The summed E-state index contributed by atoms with van der Waals surface area (Å²) in [6, 6.07) is 14.8. The third-order valence-corrected chi connectivity index (χ3v) is 5.89. The molecule has 3 rings (SSSR count). The van der Waals surface area contributed by atoms with Crippen molar-refractivity contribution >= 4 is 27.3 Å². The molecule has 0 spiro atoms. The van der Waals surface area contributed by atoms with E-state index in [0.717, 1.165) is 0 Å². The van der Waals surface area contributed by atoms with Crippen molar-refractivity contribution in [3.05, 3.63) is 75.2 Å². The van der Waals surface area contributed by atoms with Crippen LogP contribution in [0.15, 0.2) is 53.3 Å². The summed E-state index contributed by atoms with van der Waals surface area (Å²) in [5.41, 5.74) is 2.49. The van der Waals surface area contributed by atoms with Crippen molar-refractivity contribution in [2.45, 2.75) is 13.8 Å². The molecule has 1 heterocycles. The summed E-state index contributed by atoms with van der Waals surface area (Å²) in [4.78, 5) is 12.7. The van der Waals surface area contributed by atoms with Crippen molar-refractivity contribution in [3.63, 3.8) is 0 Å². The molecule has 148 valence electrons. The second-order valence-electron chi connectivity index (χ2n) is 6.26. The van der Waals surface area contributed by atoms with Crippen LogP contribution in [0.3, 0.4) is 0 Å². The van der Waals surface area contributed by atoms with Gasteiger partial charge in [0.15, 0.2) is 0 Å². The first-order chi connectivity index (χ1) is 13.7. The molecule has 0 unspecified atom stereocenters. The van der Waals surface area contributed by atoms with Crippen LogP contribution in [0.25, 0.3) is 16.8 Å². The average molecular weight is 429 g/mol. The highest BCUT2D eigenvalue weighted by Gasteiger charge is 2.12. The molecule has 29 heavy (non-hydrogen) atoms. The fraction of sp³-hybridized carbons (Fsp3) is 0.150. The Balaban J connectivity index is 2.05. The van der Waals surface area contributed by atoms with Gasteiger partial charge in [0.1, 0.15) is 6.07 Å². The predicted octanol–water partition coefficient (Wildman–Crippen LogP) is 3.49. The zero-order chi connectivity index (χ0) is 21.2. The lowest BCUT2D eigenvalue weighted by atomic mass is 10.0. The summed E-state index contributed by atoms with van der Waals surface area (Å²) in [6.45, 7) is 3.30. The first-order valence-electron chi connectivity index (χ1n) is 8.66. The van der Waals surface area contributed by atoms with Crippen molar-refractivity contribution in [1.29, 1.82) is 5.26 Å². The Labute approximate surface area is 173 Å². The number of sulfonamides is 1. The summed E-state index contributed by atoms with van der Waals surface area (Å²) in [5.74, 6) is -0.0420. The van der Waals surface area contributed by atoms with Gasteiger partial charge in [-0.2, -0.15) is 15.0 Å². The van der Waals surface area contributed by atoms with Crippen LogP contribution in [0.5, 0.6) is 0 Å². The highest BCUT2D eigenvalue weighted by atomic mass is 35.5. The third kappa shape index (κ3) is 4.47. The van der Waals surface area contributed by atoms with Gasteiger partial charge in [-0.15, -0.1) is 0 Å². The van der Waals surface area contributed by atoms with Crippen LogP contribution in [0, 0.1) is 18.3 Å². The number of nitrogens with one attached hydrogen (secondary N) is 1. The highest BCUT2D eigenvalue weighted by molar-refractivity contribution is 7.92. The van der Waals surface area contributed by atoms with Gasteiger partial charge in [0.2, 0.25) is 10.0 Å². The maximum atomic E-state index is 12.7. The fourth-order valence-electron chi connectivity index (χ4n) is 2.75. The van der Waals surface area contributed by atoms with Gasteiger partial charge in [-0.1, -0.05) is 23.7 Å². The van der Waals surface area contributed by atoms with E-state index in [-0.39, 0.29) is 11.3 Å². The topological polar surface area (TPSA) is 105 Å². The van der Waals surface area contributed by atoms with E-state index in [4.69, 9.17) is 16.9 Å². The molecule has 7 nitrogen and oxygen atoms in total. The molecule has 9 heteroatoms. The van der Waals surface area contributed by atoms with Crippen LogP contribution >= 0.6 is 11.6 Å². The van der Waals surface area contributed by atoms with Gasteiger partial charge >= 0.3 is 0 Å². The van der Waals surface area contributed by atoms with Crippen molar-refractivity contribution in [2.75, 3.05) is 10.5 Å². The molecule has 1 N–H and O–H groups in total. The van der Waals surface area contributed by atoms with E-state index in [1.165, 1.54) is 22.9 Å². The Morgan fingerprint density at radius 3 is 2.66 bits per heavy atom. The summed E-state index contributed by atoms with van der Waals surface area (Å²) < 4.78 is 27.3. The van der Waals surface area contributed by atoms with Gasteiger partial charge in [0.25, 0.3) is 5.56 Å². The molecule has 0 aliphatic rings. The van der Waals surface area contributed by atoms with Gasteiger partial charge in [0.05, 0.1) is 27.7 Å². The monoisotopic (exact) mass is 428 g/mol. The largest absolute Gasteiger partial charge is 0.284 e. The predicted molar refractivity (Wildman–Crippen MR) is 113 cm³/mol. The number of nitriles is 1. The quantitative estimate of drug-likeness (QED) is 0.669. The zero-order valence-corrected chi connectivity index (χ0v) is 17.3. The molecule has 3 aromatic rings. The number of aromatic nitrogens is 2. The number of anilines is 1. The van der Waals surface area contributed by atoms with Crippen LogP contribution in [0.2, 0.25) is 5.02 Å². The summed E-state index contributed by atoms with van der Waals surface area (Å²) in [5, 5.41) is 13.8. The Kier molecular flexibility index (Phi) is 5.73. The Bertz CT molecular complexity index is 1290. The molecule has 2 aromatic carbocycles. The smallest absolute Gasteiger partial charge is 0.272 e. The van der Waals surface area contributed by atoms with Crippen LogP contribution in [-0.2, 0) is 10.0 Å². The van der Waals surface area contributed by atoms with Crippen molar-refractivity contribution in [2.24, 2.45) is 0 Å². The minimum atomic E-state index is -3.41. The van der Waals surface area contributed by atoms with E-state index in [1.54, 1.807) is 44.2 Å². The van der Waals surface area contributed by atoms with Gasteiger partial charge in [0, 0.05) is 17.3 Å². The maximum absolute atomic E-state index is 12.7. The minimum absolute atomic E-state index is 0.0420. The molecule has 0 aliphatic carbocycles. The van der Waals surface area contributed by atoms with Gasteiger partial charge in [-0.05, 0) is 49.7 Å². The Morgan fingerprint density at radius 2 is 1.97 bits per heavy atom. The average Bonchev–Trinajstić information content (AvgIpc) is 2.70. The van der Waals surface area contributed by atoms with E-state index >= 15 is 0 Å². The molecule has 0 saturated heterocycles. The van der Waals surface area contributed by atoms with Crippen LogP contribution in [0.1, 0.15) is 18.2 Å². The van der Waals surface area contributed by atoms with Crippen molar-refractivity contribution in [1.82, 2.24) is 9.78 Å². The lowest BCUT2D eigenvalue weighted by Crippen LogP contribution is -2.22. The lowest BCUT2D eigenvalue weighted by molar-refractivity contribution is 0.602. The molecule has 0 amide bonds. The number of aryl methyl sites for hydroxylation is 1. The Morgan fingerprint density at radius 1 is 1.21 bits per heavy atom. The minimum Gasteiger partial charge on any atom is -0.284 e. The number of benzene rings is 2. The lowest BCUT2D eigenvalue weighted by Gasteiger charge is -2.12. The van der Waals surface area contributed by atoms with E-state index in [0.29, 0.717) is 33.2 Å². The summed E-state index contributed by atoms with van der Waals surface area (Å²) >= 11 is 5.95. The SMILES string of the molecule is CCS(=O)(=O)Nc1cccc(-c2cc(=O)n(-c3ccc(Cl)c(C#N)c3)nc2C)c1. The molecule has 0 bridgehead atoms. The van der Waals surface area contributed by atoms with Gasteiger partial charge < -0.3 is 0 Å². The second-order valence-corrected chi connectivity index (χ2v) is 8.67. The highest BCUT2D eigenvalue weighted by Crippen LogP contribution is 2.25. The second kappa shape index (κ2) is 8.07. The Hall–Kier alpha value is -3.15. The first kappa shape index (κ1) is 20.6.